The average Bonchev–Trinajstić information content (AvgIpc) is 3.24. The predicted molar refractivity (Wildman–Crippen MR) is 245 cm³/mol. The molecule has 0 aromatic rings. The number of ether oxygens (including phenoxy) is 2. The lowest BCUT2D eigenvalue weighted by molar-refractivity contribution is -0.161. The third-order valence-electron chi connectivity index (χ3n) is 9.22. The molecule has 0 aliphatic heterocycles. The van der Waals surface area contributed by atoms with Crippen LogP contribution in [0.3, 0.4) is 0 Å². The number of hydrogen-bond acceptors (Lipinski definition) is 11. The monoisotopic (exact) mass is 881 g/mol. The highest BCUT2D eigenvalue weighted by Crippen LogP contribution is 2.43. The Morgan fingerprint density at radius 2 is 1.00 bits per heavy atom. The highest BCUT2D eigenvalue weighted by Gasteiger charge is 2.27. The Labute approximate surface area is 367 Å². The van der Waals surface area contributed by atoms with Gasteiger partial charge >= 0.3 is 19.8 Å². The summed E-state index contributed by atoms with van der Waals surface area (Å²) in [4.78, 5) is 35.1. The number of carbonyl (C=O) groups is 2. The van der Waals surface area contributed by atoms with Crippen molar-refractivity contribution in [3.63, 3.8) is 0 Å². The van der Waals surface area contributed by atoms with Crippen molar-refractivity contribution in [3.8, 4) is 0 Å². The number of aliphatic hydroxyl groups is 4. The zero-order valence-corrected chi connectivity index (χ0v) is 38.2. The molecule has 350 valence electrons. The van der Waals surface area contributed by atoms with Crippen LogP contribution in [0.25, 0.3) is 0 Å². The molecule has 0 radical (unpaired) electrons. The van der Waals surface area contributed by atoms with Crippen molar-refractivity contribution in [3.05, 3.63) is 85.1 Å². The van der Waals surface area contributed by atoms with Crippen molar-refractivity contribution in [1.29, 1.82) is 0 Å². The standard InChI is InChI=1S/C48H81O12P/c1-3-5-7-9-11-13-15-17-18-19-20-21-22-23-25-27-29-31-33-37-48(54)60-44(42-59-61(55,56)58-40-43(50)39-49)41-57-47(53)38-34-36-46(52)45(51)35-32-30-28-26-24-16-14-12-10-8-6-4-2/h11-14,17-18,20-21,23-26,30,32,43-46,49-52H,3-10,15-16,19,22,27-29,31,33-42H2,1-2H3,(H,55,56)/b13-11-,14-12-,18-17-,21-20-,25-23-,26-24-,32-30-/t43-,44+,45?,46?/m0/s1. The molecule has 0 fully saturated rings. The number of phosphoric acid groups is 1. The summed E-state index contributed by atoms with van der Waals surface area (Å²) in [6, 6.07) is 0. The van der Waals surface area contributed by atoms with E-state index in [1.165, 1.54) is 38.5 Å². The molecular formula is C48H81O12P. The molecule has 0 bridgehead atoms. The van der Waals surface area contributed by atoms with E-state index >= 15 is 0 Å². The normalized spacial score (nSPS) is 15.6. The van der Waals surface area contributed by atoms with Crippen molar-refractivity contribution in [2.45, 2.75) is 180 Å². The molecule has 0 aromatic carbocycles. The minimum Gasteiger partial charge on any atom is -0.462 e. The van der Waals surface area contributed by atoms with Crippen molar-refractivity contribution in [2.75, 3.05) is 26.4 Å². The van der Waals surface area contributed by atoms with Crippen LogP contribution in [0.15, 0.2) is 85.1 Å². The van der Waals surface area contributed by atoms with Crippen LogP contribution in [-0.4, -0.2) is 88.1 Å². The second kappa shape index (κ2) is 42.4. The fourth-order valence-corrected chi connectivity index (χ4v) is 6.34. The maximum absolute atomic E-state index is 12.6. The molecular weight excluding hydrogens is 799 g/mol. The molecule has 0 saturated heterocycles. The molecule has 12 nitrogen and oxygen atoms in total. The van der Waals surface area contributed by atoms with Gasteiger partial charge in [-0.3, -0.25) is 18.6 Å². The second-order valence-electron chi connectivity index (χ2n) is 15.0. The van der Waals surface area contributed by atoms with Crippen molar-refractivity contribution in [1.82, 2.24) is 0 Å². The van der Waals surface area contributed by atoms with Gasteiger partial charge in [-0.1, -0.05) is 131 Å². The first-order valence-corrected chi connectivity index (χ1v) is 24.2. The van der Waals surface area contributed by atoms with Gasteiger partial charge in [-0.15, -0.1) is 0 Å². The Hall–Kier alpha value is -2.93. The number of hydrogen-bond donors (Lipinski definition) is 5. The summed E-state index contributed by atoms with van der Waals surface area (Å²) in [7, 11) is -4.70. The Kier molecular flexibility index (Phi) is 40.3. The molecule has 0 rings (SSSR count). The zero-order valence-electron chi connectivity index (χ0n) is 37.3. The van der Waals surface area contributed by atoms with Gasteiger partial charge in [0.05, 0.1) is 32.0 Å². The molecule has 5 atom stereocenters. The summed E-state index contributed by atoms with van der Waals surface area (Å²) in [5, 5.41) is 39.0. The average molecular weight is 881 g/mol. The first-order chi connectivity index (χ1) is 29.5. The van der Waals surface area contributed by atoms with Gasteiger partial charge in [0.1, 0.15) is 12.7 Å². The van der Waals surface area contributed by atoms with Crippen LogP contribution in [0.5, 0.6) is 0 Å². The van der Waals surface area contributed by atoms with Crippen LogP contribution in [0.1, 0.15) is 155 Å². The van der Waals surface area contributed by atoms with E-state index in [-0.39, 0.29) is 32.1 Å². The molecule has 13 heteroatoms. The molecule has 0 spiro atoms. The quantitative estimate of drug-likeness (QED) is 0.0169. The Morgan fingerprint density at radius 1 is 0.541 bits per heavy atom. The molecule has 3 unspecified atom stereocenters. The first-order valence-electron chi connectivity index (χ1n) is 22.7. The molecule has 0 saturated carbocycles. The largest absolute Gasteiger partial charge is 0.472 e. The smallest absolute Gasteiger partial charge is 0.462 e. The molecule has 0 amide bonds. The molecule has 0 aliphatic carbocycles. The van der Waals surface area contributed by atoms with Gasteiger partial charge in [0.2, 0.25) is 0 Å². The van der Waals surface area contributed by atoms with Gasteiger partial charge in [0.25, 0.3) is 0 Å². The fraction of sp³-hybridized carbons (Fsp3) is 0.667. The van der Waals surface area contributed by atoms with Gasteiger partial charge in [-0.25, -0.2) is 4.57 Å². The second-order valence-corrected chi connectivity index (χ2v) is 16.5. The SMILES string of the molecule is CCCCC/C=C\C/C=C\C/C=C\C/C=C\CCCCCC(=O)O[C@H](COC(=O)CCCC(O)C(O)C/C=C\C/C=C\C/C=C\CCCCC)COP(=O)(O)OC[C@@H](O)CO. The van der Waals surface area contributed by atoms with Crippen LogP contribution in [0.4, 0.5) is 0 Å². The van der Waals surface area contributed by atoms with E-state index in [0.29, 0.717) is 6.42 Å². The fourth-order valence-electron chi connectivity index (χ4n) is 5.55. The lowest BCUT2D eigenvalue weighted by atomic mass is 10.0. The molecule has 61 heavy (non-hydrogen) atoms. The van der Waals surface area contributed by atoms with Gasteiger partial charge in [0, 0.05) is 12.8 Å². The number of rotatable bonds is 41. The molecule has 0 aromatic heterocycles. The predicted octanol–water partition coefficient (Wildman–Crippen LogP) is 10.2. The summed E-state index contributed by atoms with van der Waals surface area (Å²) in [5.41, 5.74) is 0. The molecule has 0 heterocycles. The van der Waals surface area contributed by atoms with E-state index in [0.717, 1.165) is 64.2 Å². The lowest BCUT2D eigenvalue weighted by Crippen LogP contribution is -2.30. The summed E-state index contributed by atoms with van der Waals surface area (Å²) in [5.74, 6) is -1.25. The van der Waals surface area contributed by atoms with Gasteiger partial charge < -0.3 is 34.8 Å². The number of phosphoric ester groups is 1. The molecule has 0 aliphatic rings. The van der Waals surface area contributed by atoms with Gasteiger partial charge in [-0.2, -0.15) is 0 Å². The first kappa shape index (κ1) is 58.1. The highest BCUT2D eigenvalue weighted by molar-refractivity contribution is 7.47. The van der Waals surface area contributed by atoms with Crippen molar-refractivity contribution >= 4 is 19.8 Å². The van der Waals surface area contributed by atoms with E-state index < -0.39 is 70.6 Å². The third-order valence-corrected chi connectivity index (χ3v) is 10.2. The summed E-state index contributed by atoms with van der Waals surface area (Å²) in [6.45, 7) is 1.94. The van der Waals surface area contributed by atoms with Crippen LogP contribution in [0.2, 0.25) is 0 Å². The Morgan fingerprint density at radius 3 is 1.51 bits per heavy atom. The van der Waals surface area contributed by atoms with Gasteiger partial charge in [0.15, 0.2) is 6.10 Å². The van der Waals surface area contributed by atoms with E-state index in [2.05, 4.69) is 91.3 Å². The number of allylic oxidation sites excluding steroid dienone is 13. The van der Waals surface area contributed by atoms with Gasteiger partial charge in [-0.05, 0) is 96.3 Å². The van der Waals surface area contributed by atoms with E-state index in [4.69, 9.17) is 19.1 Å². The maximum Gasteiger partial charge on any atom is 0.472 e. The summed E-state index contributed by atoms with van der Waals surface area (Å²) in [6.07, 6.45) is 42.8. The van der Waals surface area contributed by atoms with Crippen LogP contribution >= 0.6 is 7.82 Å². The minimum absolute atomic E-state index is 0.0813. The molecule has 5 N–H and O–H groups in total. The third kappa shape index (κ3) is 40.9. The maximum atomic E-state index is 12.6. The van der Waals surface area contributed by atoms with Crippen molar-refractivity contribution in [2.24, 2.45) is 0 Å². The van der Waals surface area contributed by atoms with Crippen LogP contribution in [-0.2, 0) is 32.7 Å². The minimum atomic E-state index is -4.70. The van der Waals surface area contributed by atoms with Crippen LogP contribution < -0.4 is 0 Å². The zero-order chi connectivity index (χ0) is 45.1. The van der Waals surface area contributed by atoms with E-state index in [9.17, 15) is 34.4 Å². The summed E-state index contributed by atoms with van der Waals surface area (Å²) >= 11 is 0. The summed E-state index contributed by atoms with van der Waals surface area (Å²) < 4.78 is 32.5. The Bertz CT molecular complexity index is 1320. The number of esters is 2. The Balaban J connectivity index is 4.59. The highest BCUT2D eigenvalue weighted by atomic mass is 31.2. The van der Waals surface area contributed by atoms with Crippen LogP contribution in [0, 0.1) is 0 Å². The number of aliphatic hydroxyl groups excluding tert-OH is 4. The topological polar surface area (TPSA) is 189 Å². The number of unbranched alkanes of at least 4 members (excludes halogenated alkanes) is 9. The van der Waals surface area contributed by atoms with E-state index in [1.54, 1.807) is 0 Å². The van der Waals surface area contributed by atoms with Crippen molar-refractivity contribution < 1.29 is 58.0 Å². The lowest BCUT2D eigenvalue weighted by Gasteiger charge is -2.20. The van der Waals surface area contributed by atoms with E-state index in [1.807, 2.05) is 12.2 Å². The number of carbonyl (C=O) groups excluding carboxylic acids is 2.